The van der Waals surface area contributed by atoms with Gasteiger partial charge < -0.3 is 19.5 Å². The minimum atomic E-state index is 0.486. The van der Waals surface area contributed by atoms with Crippen molar-refractivity contribution in [3.63, 3.8) is 0 Å². The average Bonchev–Trinajstić information content (AvgIpc) is 3.09. The lowest BCUT2D eigenvalue weighted by Crippen LogP contribution is -2.60. The van der Waals surface area contributed by atoms with Gasteiger partial charge in [0, 0.05) is 29.6 Å². The molecule has 3 aromatic rings. The topological polar surface area (TPSA) is 76.3 Å². The van der Waals surface area contributed by atoms with E-state index in [0.29, 0.717) is 22.9 Å². The number of benzene rings is 1. The van der Waals surface area contributed by atoms with E-state index in [4.69, 9.17) is 30.8 Å². The molecule has 1 aromatic carbocycles. The molecule has 2 fully saturated rings. The average molecular weight is 482 g/mol. The fourth-order valence-electron chi connectivity index (χ4n) is 5.11. The maximum absolute atomic E-state index is 6.66. The van der Waals surface area contributed by atoms with Crippen molar-refractivity contribution in [2.45, 2.75) is 46.5 Å². The van der Waals surface area contributed by atoms with Gasteiger partial charge >= 0.3 is 0 Å². The van der Waals surface area contributed by atoms with E-state index in [-0.39, 0.29) is 0 Å². The first kappa shape index (κ1) is 23.1. The summed E-state index contributed by atoms with van der Waals surface area (Å²) in [5, 5.41) is 7.91. The molecule has 3 heterocycles. The Morgan fingerprint density at radius 2 is 1.97 bits per heavy atom. The highest BCUT2D eigenvalue weighted by molar-refractivity contribution is 6.33. The molecule has 180 valence electrons. The number of hydrogen-bond acceptors (Lipinski definition) is 7. The van der Waals surface area contributed by atoms with Gasteiger partial charge in [0.25, 0.3) is 0 Å². The van der Waals surface area contributed by atoms with Gasteiger partial charge in [-0.2, -0.15) is 0 Å². The number of nitrogens with zero attached hydrogens (tertiary/aromatic N) is 4. The van der Waals surface area contributed by atoms with Gasteiger partial charge in [-0.25, -0.2) is 9.97 Å². The Morgan fingerprint density at radius 1 is 1.18 bits per heavy atom. The molecule has 0 atom stereocenters. The highest BCUT2D eigenvalue weighted by atomic mass is 35.5. The third kappa shape index (κ3) is 4.16. The summed E-state index contributed by atoms with van der Waals surface area (Å²) in [6.07, 6.45) is 4.89. The van der Waals surface area contributed by atoms with Crippen molar-refractivity contribution < 1.29 is 9.26 Å². The van der Waals surface area contributed by atoms with Crippen LogP contribution in [0.15, 0.2) is 22.7 Å². The van der Waals surface area contributed by atoms with Crippen LogP contribution in [0.25, 0.3) is 22.6 Å². The first-order valence-electron chi connectivity index (χ1n) is 12.0. The minimum Gasteiger partial charge on any atom is -0.494 e. The van der Waals surface area contributed by atoms with Crippen molar-refractivity contribution in [3.05, 3.63) is 40.2 Å². The van der Waals surface area contributed by atoms with E-state index < -0.39 is 0 Å². The first-order valence-corrected chi connectivity index (χ1v) is 12.4. The van der Waals surface area contributed by atoms with Crippen LogP contribution in [0.5, 0.6) is 5.75 Å². The number of aryl methyl sites for hydroxylation is 2. The third-order valence-electron chi connectivity index (χ3n) is 7.18. The molecule has 1 saturated heterocycles. The van der Waals surface area contributed by atoms with E-state index in [1.807, 2.05) is 39.1 Å². The Morgan fingerprint density at radius 3 is 2.62 bits per heavy atom. The molecule has 34 heavy (non-hydrogen) atoms. The van der Waals surface area contributed by atoms with E-state index in [1.165, 1.54) is 19.3 Å². The highest BCUT2D eigenvalue weighted by Gasteiger charge is 2.48. The molecule has 2 aliphatic rings. The van der Waals surface area contributed by atoms with Gasteiger partial charge in [0.15, 0.2) is 5.82 Å². The second-order valence-electron chi connectivity index (χ2n) is 9.70. The van der Waals surface area contributed by atoms with Gasteiger partial charge in [-0.3, -0.25) is 0 Å². The molecule has 0 bridgehead atoms. The number of halogens is 1. The molecule has 1 N–H and O–H groups in total. The number of anilines is 1. The summed E-state index contributed by atoms with van der Waals surface area (Å²) in [4.78, 5) is 12.4. The summed E-state index contributed by atoms with van der Waals surface area (Å²) >= 11 is 6.66. The molecule has 5 rings (SSSR count). The van der Waals surface area contributed by atoms with E-state index in [2.05, 4.69) is 22.3 Å². The molecule has 2 aromatic heterocycles. The summed E-state index contributed by atoms with van der Waals surface area (Å²) in [5.74, 6) is 3.07. The van der Waals surface area contributed by atoms with Crippen LogP contribution in [0, 0.1) is 26.2 Å². The van der Waals surface area contributed by atoms with Crippen LogP contribution in [0.3, 0.4) is 0 Å². The number of rotatable bonds is 8. The predicted octanol–water partition coefficient (Wildman–Crippen LogP) is 5.36. The van der Waals surface area contributed by atoms with E-state index in [1.54, 1.807) is 0 Å². The molecular weight excluding hydrogens is 450 g/mol. The second-order valence-corrected chi connectivity index (χ2v) is 10.1. The van der Waals surface area contributed by atoms with Gasteiger partial charge in [-0.1, -0.05) is 23.2 Å². The Balaban J connectivity index is 1.56. The van der Waals surface area contributed by atoms with E-state index in [0.717, 1.165) is 71.5 Å². The van der Waals surface area contributed by atoms with Gasteiger partial charge in [-0.15, -0.1) is 0 Å². The standard InChI is InChI=1S/C26H32ClN5O2/c1-16-23(22-17(2)31-34-18(22)3)29-24(30-25(16)32-14-26(15-32)9-5-10-26)20-13-19(7-8-21(20)27)33-12-6-11-28-4/h7-8,13,28H,5-6,9-12,14-15H2,1-4H3. The van der Waals surface area contributed by atoms with Gasteiger partial charge in [0.05, 0.1) is 28.6 Å². The zero-order valence-electron chi connectivity index (χ0n) is 20.4. The lowest BCUT2D eigenvalue weighted by Gasteiger charge is -2.56. The Bertz CT molecular complexity index is 1180. The van der Waals surface area contributed by atoms with Crippen molar-refractivity contribution in [1.82, 2.24) is 20.4 Å². The monoisotopic (exact) mass is 481 g/mol. The first-order chi connectivity index (χ1) is 16.4. The zero-order chi connectivity index (χ0) is 23.9. The van der Waals surface area contributed by atoms with Crippen LogP contribution < -0.4 is 15.0 Å². The number of hydrogen-bond donors (Lipinski definition) is 1. The summed E-state index contributed by atoms with van der Waals surface area (Å²) < 4.78 is 11.4. The van der Waals surface area contributed by atoms with Crippen LogP contribution in [0.2, 0.25) is 5.02 Å². The molecule has 7 nitrogen and oxygen atoms in total. The van der Waals surface area contributed by atoms with E-state index >= 15 is 0 Å². The predicted molar refractivity (Wildman–Crippen MR) is 135 cm³/mol. The largest absolute Gasteiger partial charge is 0.494 e. The number of nitrogens with one attached hydrogen (secondary N) is 1. The Hall–Kier alpha value is -2.64. The van der Waals surface area contributed by atoms with Crippen molar-refractivity contribution >= 4 is 17.4 Å². The van der Waals surface area contributed by atoms with Crippen LogP contribution >= 0.6 is 11.6 Å². The van der Waals surface area contributed by atoms with Crippen molar-refractivity contribution in [2.75, 3.05) is 38.2 Å². The smallest absolute Gasteiger partial charge is 0.163 e. The van der Waals surface area contributed by atoms with Crippen LogP contribution in [-0.4, -0.2) is 48.4 Å². The minimum absolute atomic E-state index is 0.486. The second kappa shape index (κ2) is 9.19. The van der Waals surface area contributed by atoms with E-state index in [9.17, 15) is 0 Å². The zero-order valence-corrected chi connectivity index (χ0v) is 21.1. The molecule has 1 saturated carbocycles. The summed E-state index contributed by atoms with van der Waals surface area (Å²) in [6.45, 7) is 9.60. The summed E-state index contributed by atoms with van der Waals surface area (Å²) in [5.41, 5.74) is 4.89. The van der Waals surface area contributed by atoms with Crippen molar-refractivity contribution in [2.24, 2.45) is 5.41 Å². The fourth-order valence-corrected chi connectivity index (χ4v) is 5.31. The molecule has 0 amide bonds. The number of aromatic nitrogens is 3. The highest BCUT2D eigenvalue weighted by Crippen LogP contribution is 2.50. The van der Waals surface area contributed by atoms with Crippen molar-refractivity contribution in [3.8, 4) is 28.4 Å². The molecule has 8 heteroatoms. The third-order valence-corrected chi connectivity index (χ3v) is 7.50. The van der Waals surface area contributed by atoms with Gasteiger partial charge in [0.1, 0.15) is 17.3 Å². The molecule has 1 aliphatic carbocycles. The van der Waals surface area contributed by atoms with Gasteiger partial charge in [-0.05, 0) is 71.8 Å². The SMILES string of the molecule is CNCCCOc1ccc(Cl)c(-c2nc(-c3c(C)noc3C)c(C)c(N3CC4(CCC4)C3)n2)c1. The molecular formula is C26H32ClN5O2. The van der Waals surface area contributed by atoms with Crippen LogP contribution in [-0.2, 0) is 0 Å². The summed E-state index contributed by atoms with van der Waals surface area (Å²) in [7, 11) is 1.94. The summed E-state index contributed by atoms with van der Waals surface area (Å²) in [6, 6.07) is 5.69. The fraction of sp³-hybridized carbons (Fsp3) is 0.500. The maximum atomic E-state index is 6.66. The van der Waals surface area contributed by atoms with Crippen LogP contribution in [0.1, 0.15) is 42.7 Å². The van der Waals surface area contributed by atoms with Crippen LogP contribution in [0.4, 0.5) is 5.82 Å². The Kier molecular flexibility index (Phi) is 6.25. The number of ether oxygens (including phenoxy) is 1. The lowest BCUT2D eigenvalue weighted by molar-refractivity contribution is 0.0895. The van der Waals surface area contributed by atoms with Crippen molar-refractivity contribution in [1.29, 1.82) is 0 Å². The molecule has 1 aliphatic heterocycles. The molecule has 0 unspecified atom stereocenters. The normalized spacial score (nSPS) is 16.4. The lowest BCUT2D eigenvalue weighted by atomic mass is 9.63. The molecule has 0 radical (unpaired) electrons. The molecule has 1 spiro atoms. The maximum Gasteiger partial charge on any atom is 0.163 e. The Labute approximate surface area is 205 Å². The quantitative estimate of drug-likeness (QED) is 0.434. The van der Waals surface area contributed by atoms with Gasteiger partial charge in [0.2, 0.25) is 0 Å².